The number of unbranched alkanes of at least 4 members (excludes halogenated alkanes) is 3. The fourth-order valence-electron chi connectivity index (χ4n) is 1.75. The van der Waals surface area contributed by atoms with Crippen LogP contribution in [0.25, 0.3) is 0 Å². The first-order valence-corrected chi connectivity index (χ1v) is 6.47. The summed E-state index contributed by atoms with van der Waals surface area (Å²) in [5.74, 6) is 0.130. The Hall–Kier alpha value is -1.55. The Balaban J connectivity index is 2.16. The lowest BCUT2D eigenvalue weighted by Gasteiger charge is -2.06. The van der Waals surface area contributed by atoms with Gasteiger partial charge in [0.25, 0.3) is 0 Å². The summed E-state index contributed by atoms with van der Waals surface area (Å²) in [6.07, 6.45) is 4.47. The highest BCUT2D eigenvalue weighted by atomic mass is 16.3. The molecule has 0 spiro atoms. The van der Waals surface area contributed by atoms with E-state index in [1.807, 2.05) is 6.07 Å². The van der Waals surface area contributed by atoms with E-state index in [0.29, 0.717) is 12.1 Å². The third-order valence-electron chi connectivity index (χ3n) is 2.80. The van der Waals surface area contributed by atoms with Crippen LogP contribution in [0.4, 0.5) is 0 Å². The molecular formula is C14H22N2O2. The molecule has 4 nitrogen and oxygen atoms in total. The molecule has 0 unspecified atom stereocenters. The Morgan fingerprint density at radius 1 is 1.17 bits per heavy atom. The van der Waals surface area contributed by atoms with Crippen LogP contribution in [0, 0.1) is 0 Å². The van der Waals surface area contributed by atoms with Crippen molar-refractivity contribution in [2.75, 3.05) is 13.1 Å². The second-order valence-electron chi connectivity index (χ2n) is 4.36. The normalized spacial score (nSPS) is 10.3. The quantitative estimate of drug-likeness (QED) is 0.613. The summed E-state index contributed by atoms with van der Waals surface area (Å²) in [5.41, 5.74) is 6.06. The molecule has 1 aromatic rings. The Kier molecular flexibility index (Phi) is 6.87. The van der Waals surface area contributed by atoms with Gasteiger partial charge in [-0.3, -0.25) is 4.79 Å². The number of aromatic hydroxyl groups is 1. The summed E-state index contributed by atoms with van der Waals surface area (Å²) >= 11 is 0. The molecule has 0 heterocycles. The first kappa shape index (κ1) is 14.5. The molecule has 0 saturated heterocycles. The summed E-state index contributed by atoms with van der Waals surface area (Å²) in [7, 11) is 0. The molecule has 0 aliphatic rings. The number of rotatable bonds is 8. The van der Waals surface area contributed by atoms with Crippen molar-refractivity contribution in [1.29, 1.82) is 0 Å². The molecular weight excluding hydrogens is 228 g/mol. The summed E-state index contributed by atoms with van der Waals surface area (Å²) in [4.78, 5) is 11.6. The molecule has 1 aromatic carbocycles. The zero-order chi connectivity index (χ0) is 13.2. The molecule has 1 rings (SSSR count). The van der Waals surface area contributed by atoms with Crippen LogP contribution >= 0.6 is 0 Å². The molecule has 1 amide bonds. The lowest BCUT2D eigenvalue weighted by Crippen LogP contribution is -2.26. The molecule has 0 atom stereocenters. The molecule has 4 N–H and O–H groups in total. The first-order valence-electron chi connectivity index (χ1n) is 6.47. The zero-order valence-electron chi connectivity index (χ0n) is 10.7. The topological polar surface area (TPSA) is 75.3 Å². The molecule has 0 aliphatic heterocycles. The van der Waals surface area contributed by atoms with Gasteiger partial charge >= 0.3 is 0 Å². The zero-order valence-corrected chi connectivity index (χ0v) is 10.7. The van der Waals surface area contributed by atoms with E-state index in [9.17, 15) is 9.90 Å². The first-order chi connectivity index (χ1) is 8.74. The molecule has 0 fully saturated rings. The number of nitrogens with two attached hydrogens (primary N) is 1. The predicted molar refractivity (Wildman–Crippen MR) is 72.3 cm³/mol. The van der Waals surface area contributed by atoms with Crippen LogP contribution in [0.2, 0.25) is 0 Å². The number of hydrogen-bond donors (Lipinski definition) is 3. The Morgan fingerprint density at radius 2 is 1.89 bits per heavy atom. The van der Waals surface area contributed by atoms with Crippen LogP contribution in [0.15, 0.2) is 24.3 Å². The summed E-state index contributed by atoms with van der Waals surface area (Å²) in [6.45, 7) is 1.43. The number of carbonyl (C=O) groups excluding carboxylic acids is 1. The van der Waals surface area contributed by atoms with Crippen molar-refractivity contribution in [3.63, 3.8) is 0 Å². The largest absolute Gasteiger partial charge is 0.508 e. The van der Waals surface area contributed by atoms with Gasteiger partial charge in [0.2, 0.25) is 5.91 Å². The smallest absolute Gasteiger partial charge is 0.224 e. The molecule has 0 aliphatic carbocycles. The average molecular weight is 250 g/mol. The second kappa shape index (κ2) is 8.53. The van der Waals surface area contributed by atoms with Gasteiger partial charge in [0.1, 0.15) is 5.75 Å². The standard InChI is InChI=1S/C14H22N2O2/c15-9-5-1-2-6-10-16-14(18)11-12-7-3-4-8-13(12)17/h3-4,7-8,17H,1-2,5-6,9-11,15H2,(H,16,18). The van der Waals surface area contributed by atoms with Crippen molar-refractivity contribution in [2.45, 2.75) is 32.1 Å². The van der Waals surface area contributed by atoms with Crippen molar-refractivity contribution < 1.29 is 9.90 Å². The molecule has 0 aromatic heterocycles. The molecule has 100 valence electrons. The predicted octanol–water partition coefficient (Wildman–Crippen LogP) is 1.57. The highest BCUT2D eigenvalue weighted by molar-refractivity contribution is 5.79. The second-order valence-corrected chi connectivity index (χ2v) is 4.36. The van der Waals surface area contributed by atoms with E-state index in [4.69, 9.17) is 5.73 Å². The number of amides is 1. The average Bonchev–Trinajstić information content (AvgIpc) is 2.36. The number of benzene rings is 1. The van der Waals surface area contributed by atoms with E-state index in [0.717, 1.165) is 32.2 Å². The van der Waals surface area contributed by atoms with Gasteiger partial charge in [-0.15, -0.1) is 0 Å². The van der Waals surface area contributed by atoms with Crippen molar-refractivity contribution in [3.8, 4) is 5.75 Å². The van der Waals surface area contributed by atoms with Gasteiger partial charge in [-0.05, 0) is 25.5 Å². The number of phenolic OH excluding ortho intramolecular Hbond substituents is 1. The number of phenols is 1. The van der Waals surface area contributed by atoms with Gasteiger partial charge in [0, 0.05) is 12.1 Å². The van der Waals surface area contributed by atoms with Gasteiger partial charge < -0.3 is 16.2 Å². The van der Waals surface area contributed by atoms with Gasteiger partial charge in [0.15, 0.2) is 0 Å². The summed E-state index contributed by atoms with van der Waals surface area (Å²) < 4.78 is 0. The molecule has 0 saturated carbocycles. The maximum Gasteiger partial charge on any atom is 0.224 e. The number of para-hydroxylation sites is 1. The van der Waals surface area contributed by atoms with E-state index in [-0.39, 0.29) is 18.1 Å². The molecule has 0 radical (unpaired) electrons. The van der Waals surface area contributed by atoms with E-state index >= 15 is 0 Å². The summed E-state index contributed by atoms with van der Waals surface area (Å²) in [6, 6.07) is 6.91. The van der Waals surface area contributed by atoms with Gasteiger partial charge in [0.05, 0.1) is 6.42 Å². The van der Waals surface area contributed by atoms with Crippen LogP contribution in [0.1, 0.15) is 31.2 Å². The summed E-state index contributed by atoms with van der Waals surface area (Å²) in [5, 5.41) is 12.4. The van der Waals surface area contributed by atoms with Crippen LogP contribution < -0.4 is 11.1 Å². The van der Waals surface area contributed by atoms with E-state index in [1.54, 1.807) is 18.2 Å². The molecule has 4 heteroatoms. The van der Waals surface area contributed by atoms with Crippen molar-refractivity contribution in [2.24, 2.45) is 5.73 Å². The number of carbonyl (C=O) groups is 1. The van der Waals surface area contributed by atoms with Crippen LogP contribution in [-0.2, 0) is 11.2 Å². The lowest BCUT2D eigenvalue weighted by atomic mass is 10.1. The fraction of sp³-hybridized carbons (Fsp3) is 0.500. The van der Waals surface area contributed by atoms with Gasteiger partial charge in [-0.25, -0.2) is 0 Å². The Morgan fingerprint density at radius 3 is 2.61 bits per heavy atom. The van der Waals surface area contributed by atoms with E-state index in [2.05, 4.69) is 5.32 Å². The minimum absolute atomic E-state index is 0.0460. The van der Waals surface area contributed by atoms with E-state index in [1.165, 1.54) is 0 Å². The highest BCUT2D eigenvalue weighted by Gasteiger charge is 2.05. The lowest BCUT2D eigenvalue weighted by molar-refractivity contribution is -0.120. The fourth-order valence-corrected chi connectivity index (χ4v) is 1.75. The third-order valence-corrected chi connectivity index (χ3v) is 2.80. The van der Waals surface area contributed by atoms with Crippen LogP contribution in [0.5, 0.6) is 5.75 Å². The van der Waals surface area contributed by atoms with Gasteiger partial charge in [-0.2, -0.15) is 0 Å². The minimum Gasteiger partial charge on any atom is -0.508 e. The molecule has 0 bridgehead atoms. The van der Waals surface area contributed by atoms with Gasteiger partial charge in [-0.1, -0.05) is 31.0 Å². The van der Waals surface area contributed by atoms with Crippen molar-refractivity contribution >= 4 is 5.91 Å². The monoisotopic (exact) mass is 250 g/mol. The molecule has 18 heavy (non-hydrogen) atoms. The van der Waals surface area contributed by atoms with Crippen LogP contribution in [-0.4, -0.2) is 24.1 Å². The SMILES string of the molecule is NCCCCCCNC(=O)Cc1ccccc1O. The maximum absolute atomic E-state index is 11.6. The Bertz CT molecular complexity index is 367. The van der Waals surface area contributed by atoms with Crippen LogP contribution in [0.3, 0.4) is 0 Å². The maximum atomic E-state index is 11.6. The van der Waals surface area contributed by atoms with Crippen molar-refractivity contribution in [3.05, 3.63) is 29.8 Å². The van der Waals surface area contributed by atoms with E-state index < -0.39 is 0 Å². The minimum atomic E-state index is -0.0460. The third kappa shape index (κ3) is 5.68. The Labute approximate surface area is 108 Å². The number of hydrogen-bond acceptors (Lipinski definition) is 3. The highest BCUT2D eigenvalue weighted by Crippen LogP contribution is 2.15. The van der Waals surface area contributed by atoms with Crippen molar-refractivity contribution in [1.82, 2.24) is 5.32 Å². The number of nitrogens with one attached hydrogen (secondary N) is 1.